The second-order valence-corrected chi connectivity index (χ2v) is 14.3. The molecule has 0 spiro atoms. The minimum atomic E-state index is -1.06. The second kappa shape index (κ2) is 14.5. The van der Waals surface area contributed by atoms with Gasteiger partial charge in [-0.1, -0.05) is 18.2 Å². The molecule has 5 aromatic carbocycles. The first-order chi connectivity index (χ1) is 28.0. The molecular formula is C42H36O16. The van der Waals surface area contributed by atoms with Crippen molar-refractivity contribution in [3.63, 3.8) is 0 Å². The topological polar surface area (TPSA) is 233 Å². The van der Waals surface area contributed by atoms with E-state index in [1.165, 1.54) is 24.3 Å². The van der Waals surface area contributed by atoms with E-state index in [9.17, 15) is 40.5 Å². The van der Waals surface area contributed by atoms with E-state index in [1.54, 1.807) is 0 Å². The van der Waals surface area contributed by atoms with Crippen LogP contribution in [0.4, 0.5) is 0 Å². The molecule has 5 aliphatic rings. The van der Waals surface area contributed by atoms with Gasteiger partial charge in [-0.3, -0.25) is 0 Å². The molecule has 0 bridgehead atoms. The maximum absolute atomic E-state index is 12.7. The summed E-state index contributed by atoms with van der Waals surface area (Å²) in [4.78, 5) is 12.7. The van der Waals surface area contributed by atoms with E-state index in [0.29, 0.717) is 30.6 Å². The lowest BCUT2D eigenvalue weighted by Crippen LogP contribution is -2.34. The van der Waals surface area contributed by atoms with Crippen molar-refractivity contribution in [2.24, 2.45) is 11.8 Å². The van der Waals surface area contributed by atoms with Crippen LogP contribution in [0.2, 0.25) is 0 Å². The van der Waals surface area contributed by atoms with Gasteiger partial charge in [0, 0.05) is 41.5 Å². The molecule has 16 heteroatoms. The maximum atomic E-state index is 12.7. The van der Waals surface area contributed by atoms with Crippen molar-refractivity contribution in [2.75, 3.05) is 26.8 Å². The summed E-state index contributed by atoms with van der Waals surface area (Å²) in [5.74, 6) is -0.605. The normalized spacial score (nSPS) is 23.2. The monoisotopic (exact) mass is 796 g/mol. The first-order valence-corrected chi connectivity index (χ1v) is 18.2. The first kappa shape index (κ1) is 36.7. The predicted molar refractivity (Wildman–Crippen MR) is 197 cm³/mol. The maximum Gasteiger partial charge on any atom is 0.338 e. The zero-order chi connectivity index (χ0) is 40.2. The average Bonchev–Trinajstić information content (AvgIpc) is 4.03. The number of carbonyl (C=O) groups is 1. The Bertz CT molecular complexity index is 2320. The molecule has 0 saturated carbocycles. The molecule has 7 N–H and O–H groups in total. The number of aromatic hydroxyl groups is 7. The molecule has 5 aromatic rings. The molecule has 16 nitrogen and oxygen atoms in total. The van der Waals surface area contributed by atoms with Crippen LogP contribution in [0.5, 0.6) is 69.0 Å². The molecule has 5 heterocycles. The molecule has 58 heavy (non-hydrogen) atoms. The van der Waals surface area contributed by atoms with Gasteiger partial charge in [-0.15, -0.1) is 0 Å². The van der Waals surface area contributed by atoms with E-state index in [4.69, 9.17) is 37.9 Å². The van der Waals surface area contributed by atoms with Crippen LogP contribution in [-0.4, -0.2) is 74.6 Å². The van der Waals surface area contributed by atoms with Crippen molar-refractivity contribution >= 4 is 5.97 Å². The fourth-order valence-electron chi connectivity index (χ4n) is 7.89. The number of phenolic OH excluding ortho intramolecular Hbond substituents is 7. The minimum Gasteiger partial charge on any atom is -0.508 e. The standard InChI is InChI=1S/C22H18O10.C20H18O6/c23-11-6-14(25)12-8-19(32-22(30)10-4-16(27)20(29)17(28)5-10)21(31-18(12)7-11)9-1-2-13(24)15(26)3-9;1-3-15-17(25-9-23-15)5-11(1)19-13-7-22-20(14(13)8-21-19)12-2-4-16-18(6-12)26-10-24-16/h1-7,19,21,23-29H,8H2;1-6,13-14,19-20H,7-10H2. The number of hydrogen-bond donors (Lipinski definition) is 7. The number of carbonyl (C=O) groups excluding carboxylic acids is 1. The third-order valence-electron chi connectivity index (χ3n) is 10.8. The Hall–Kier alpha value is -6.91. The van der Waals surface area contributed by atoms with Crippen LogP contribution in [0.15, 0.2) is 78.9 Å². The Kier molecular flexibility index (Phi) is 9.21. The van der Waals surface area contributed by atoms with Gasteiger partial charge in [-0.2, -0.15) is 0 Å². The Morgan fingerprint density at radius 1 is 0.534 bits per heavy atom. The summed E-state index contributed by atoms with van der Waals surface area (Å²) in [6, 6.07) is 20.2. The largest absolute Gasteiger partial charge is 0.508 e. The highest BCUT2D eigenvalue weighted by Gasteiger charge is 2.48. The number of fused-ring (bicyclic) bond motifs is 4. The lowest BCUT2D eigenvalue weighted by Gasteiger charge is -2.34. The van der Waals surface area contributed by atoms with E-state index in [1.807, 2.05) is 24.3 Å². The zero-order valence-electron chi connectivity index (χ0n) is 30.3. The highest BCUT2D eigenvalue weighted by Crippen LogP contribution is 2.52. The third kappa shape index (κ3) is 6.71. The van der Waals surface area contributed by atoms with Crippen LogP contribution in [0, 0.1) is 11.8 Å². The van der Waals surface area contributed by atoms with Crippen molar-refractivity contribution in [2.45, 2.75) is 30.8 Å². The summed E-state index contributed by atoms with van der Waals surface area (Å²) in [6.07, 6.45) is -2.08. The van der Waals surface area contributed by atoms with Crippen LogP contribution in [0.25, 0.3) is 0 Å². The average molecular weight is 797 g/mol. The summed E-state index contributed by atoms with van der Waals surface area (Å²) >= 11 is 0. The summed E-state index contributed by atoms with van der Waals surface area (Å²) < 4.78 is 45.6. The van der Waals surface area contributed by atoms with Crippen molar-refractivity contribution in [3.8, 4) is 69.0 Å². The smallest absolute Gasteiger partial charge is 0.338 e. The first-order valence-electron chi connectivity index (χ1n) is 18.2. The van der Waals surface area contributed by atoms with E-state index in [2.05, 4.69) is 12.1 Å². The summed E-state index contributed by atoms with van der Waals surface area (Å²) in [5.41, 5.74) is 2.57. The molecule has 2 saturated heterocycles. The fourth-order valence-corrected chi connectivity index (χ4v) is 7.89. The lowest BCUT2D eigenvalue weighted by molar-refractivity contribution is -0.0189. The number of ether oxygens (including phenoxy) is 8. The SMILES string of the molecule is O=C(OC1Cc2c(O)cc(O)cc2OC1c1ccc(O)c(O)c1)c1cc(O)c(O)c(O)c1.c1cc2c(cc1C1OCC3C(c4ccc5c(c4)OCO5)OCC13)OCO2. The number of benzene rings is 5. The van der Waals surface area contributed by atoms with Gasteiger partial charge in [0.05, 0.1) is 31.0 Å². The van der Waals surface area contributed by atoms with Crippen molar-refractivity contribution in [1.82, 2.24) is 0 Å². The van der Waals surface area contributed by atoms with Crippen LogP contribution in [0.3, 0.4) is 0 Å². The van der Waals surface area contributed by atoms with Crippen LogP contribution in [-0.2, 0) is 20.6 Å². The molecule has 0 aliphatic carbocycles. The molecule has 300 valence electrons. The Morgan fingerprint density at radius 2 is 1.09 bits per heavy atom. The number of rotatable bonds is 5. The highest BCUT2D eigenvalue weighted by atomic mass is 16.7. The molecule has 2 fully saturated rings. The van der Waals surface area contributed by atoms with Gasteiger partial charge in [-0.05, 0) is 59.7 Å². The Balaban J connectivity index is 0.000000153. The Morgan fingerprint density at radius 3 is 1.67 bits per heavy atom. The zero-order valence-corrected chi connectivity index (χ0v) is 30.3. The fraction of sp³-hybridized carbons (Fsp3) is 0.262. The Labute approximate surface area is 329 Å². The molecule has 0 radical (unpaired) electrons. The van der Waals surface area contributed by atoms with E-state index in [0.717, 1.165) is 52.3 Å². The van der Waals surface area contributed by atoms with Crippen LogP contribution < -0.4 is 23.7 Å². The number of esters is 1. The summed E-state index contributed by atoms with van der Waals surface area (Å²) in [7, 11) is 0. The van der Waals surface area contributed by atoms with Gasteiger partial charge in [0.25, 0.3) is 0 Å². The van der Waals surface area contributed by atoms with Crippen molar-refractivity contribution < 1.29 is 78.4 Å². The number of phenols is 7. The molecule has 0 aromatic heterocycles. The molecule has 5 aliphatic heterocycles. The third-order valence-corrected chi connectivity index (χ3v) is 10.8. The minimum absolute atomic E-state index is 0.0218. The van der Waals surface area contributed by atoms with Crippen LogP contribution >= 0.6 is 0 Å². The predicted octanol–water partition coefficient (Wildman–Crippen LogP) is 5.75. The lowest BCUT2D eigenvalue weighted by atomic mass is 9.85. The van der Waals surface area contributed by atoms with Gasteiger partial charge in [0.1, 0.15) is 23.4 Å². The summed E-state index contributed by atoms with van der Waals surface area (Å²) in [5, 5.41) is 68.2. The molecule has 6 unspecified atom stereocenters. The van der Waals surface area contributed by atoms with E-state index in [-0.39, 0.29) is 66.3 Å². The number of hydrogen-bond acceptors (Lipinski definition) is 16. The molecular weight excluding hydrogens is 760 g/mol. The second-order valence-electron chi connectivity index (χ2n) is 14.3. The highest BCUT2D eigenvalue weighted by molar-refractivity contribution is 5.91. The molecule has 6 atom stereocenters. The van der Waals surface area contributed by atoms with Gasteiger partial charge in [-0.25, -0.2) is 4.79 Å². The van der Waals surface area contributed by atoms with Gasteiger partial charge >= 0.3 is 5.97 Å². The van der Waals surface area contributed by atoms with Gasteiger partial charge in [0.15, 0.2) is 57.8 Å². The quantitative estimate of drug-likeness (QED) is 0.0829. The molecule has 0 amide bonds. The van der Waals surface area contributed by atoms with Crippen molar-refractivity contribution in [3.05, 3.63) is 107 Å². The van der Waals surface area contributed by atoms with Gasteiger partial charge < -0.3 is 73.6 Å². The summed E-state index contributed by atoms with van der Waals surface area (Å²) in [6.45, 7) is 1.93. The van der Waals surface area contributed by atoms with Crippen LogP contribution in [0.1, 0.15) is 50.9 Å². The van der Waals surface area contributed by atoms with E-state index < -0.39 is 41.2 Å². The molecule has 10 rings (SSSR count). The van der Waals surface area contributed by atoms with E-state index >= 15 is 0 Å². The van der Waals surface area contributed by atoms with Crippen molar-refractivity contribution in [1.29, 1.82) is 0 Å². The van der Waals surface area contributed by atoms with Gasteiger partial charge in [0.2, 0.25) is 13.6 Å².